The average Bonchev–Trinajstić information content (AvgIpc) is 3.06. The van der Waals surface area contributed by atoms with Gasteiger partial charge in [-0.15, -0.1) is 0 Å². The van der Waals surface area contributed by atoms with Crippen LogP contribution in [-0.2, 0) is 35.2 Å². The predicted octanol–water partition coefficient (Wildman–Crippen LogP) is 9.31. The zero-order chi connectivity index (χ0) is 48.2. The van der Waals surface area contributed by atoms with Gasteiger partial charge in [-0.05, 0) is 40.5 Å². The fourth-order valence-corrected chi connectivity index (χ4v) is 6.50. The maximum Gasteiger partial charge on any atom is 0.430 e. The third-order valence-electron chi connectivity index (χ3n) is 9.46. The van der Waals surface area contributed by atoms with Crippen LogP contribution in [0.15, 0.2) is 0 Å². The van der Waals surface area contributed by atoms with Crippen LogP contribution >= 0.6 is 0 Å². The normalized spacial score (nSPS) is 15.7. The molecule has 0 aliphatic heterocycles. The minimum absolute atomic E-state index is 0.132. The highest BCUT2D eigenvalue weighted by molar-refractivity contribution is 5.65. The largest absolute Gasteiger partial charge is 0.496 e. The molecular formula is C34H38F18O8. The summed E-state index contributed by atoms with van der Waals surface area (Å²) in [5.74, 6) is -4.80. The molecule has 0 radical (unpaired) electrons. The van der Waals surface area contributed by atoms with Gasteiger partial charge in [-0.2, -0.15) is 79.0 Å². The van der Waals surface area contributed by atoms with Crippen LogP contribution in [0.4, 0.5) is 79.0 Å². The molecule has 0 aliphatic carbocycles. The van der Waals surface area contributed by atoms with Crippen LogP contribution in [-0.4, -0.2) is 85.9 Å². The summed E-state index contributed by atoms with van der Waals surface area (Å²) in [5, 5.41) is 40.0. The van der Waals surface area contributed by atoms with Gasteiger partial charge in [0, 0.05) is 33.4 Å². The Morgan fingerprint density at radius 2 is 0.600 bits per heavy atom. The first-order valence-corrected chi connectivity index (χ1v) is 16.4. The molecule has 2 aromatic rings. The first kappa shape index (κ1) is 54.2. The summed E-state index contributed by atoms with van der Waals surface area (Å²) in [4.78, 5) is 0. The van der Waals surface area contributed by atoms with E-state index in [4.69, 9.17) is 9.47 Å². The molecule has 0 aliphatic rings. The van der Waals surface area contributed by atoms with E-state index in [1.54, 1.807) is 0 Å². The van der Waals surface area contributed by atoms with E-state index in [1.165, 1.54) is 0 Å². The van der Waals surface area contributed by atoms with E-state index in [-0.39, 0.29) is 13.8 Å². The summed E-state index contributed by atoms with van der Waals surface area (Å²) >= 11 is 0. The monoisotopic (exact) mass is 916 g/mol. The fraction of sp³-hybridized carbons (Fsp3) is 0.647. The van der Waals surface area contributed by atoms with Crippen molar-refractivity contribution < 1.29 is 118 Å². The Kier molecular flexibility index (Phi) is 15.2. The van der Waals surface area contributed by atoms with Gasteiger partial charge in [0.25, 0.3) is 11.2 Å². The van der Waals surface area contributed by atoms with E-state index in [9.17, 15) is 99.5 Å². The Bertz CT molecular complexity index is 1820. The highest BCUT2D eigenvalue weighted by Gasteiger charge is 2.75. The smallest absolute Gasteiger partial charge is 0.430 e. The number of rotatable bonds is 10. The average molecular weight is 917 g/mol. The quantitative estimate of drug-likeness (QED) is 0.175. The lowest BCUT2D eigenvalue weighted by molar-refractivity contribution is -0.377. The molecule has 2 aromatic carbocycles. The summed E-state index contributed by atoms with van der Waals surface area (Å²) < 4.78 is 262. The third-order valence-corrected chi connectivity index (χ3v) is 9.46. The van der Waals surface area contributed by atoms with Crippen molar-refractivity contribution in [1.29, 1.82) is 0 Å². The molecule has 2 unspecified atom stereocenters. The Labute approximate surface area is 328 Å². The van der Waals surface area contributed by atoms with E-state index in [0.29, 0.717) is 28.3 Å². The SMILES string of the molecule is CCc1c(OC)c(C(C)(O)C(F)(F)F)c(C)c(OC)c1C(O)(C(F)(F)F)C(F)(F)F.CCc1c(OC)c(C)c(C(C)(O)C(F)(F)F)c(OC)c1C(O)(C(F)(F)F)C(F)(F)F. The molecule has 2 atom stereocenters. The fourth-order valence-electron chi connectivity index (χ4n) is 6.50. The molecule has 4 N–H and O–H groups in total. The Balaban J connectivity index is 0.000000600. The van der Waals surface area contributed by atoms with Crippen molar-refractivity contribution in [3.05, 3.63) is 44.5 Å². The van der Waals surface area contributed by atoms with Crippen molar-refractivity contribution in [2.45, 2.75) is 114 Å². The number of alkyl halides is 18. The van der Waals surface area contributed by atoms with Crippen molar-refractivity contribution in [2.75, 3.05) is 28.4 Å². The van der Waals surface area contributed by atoms with Crippen molar-refractivity contribution in [1.82, 2.24) is 0 Å². The molecule has 26 heteroatoms. The van der Waals surface area contributed by atoms with Gasteiger partial charge in [0.05, 0.1) is 39.6 Å². The maximum atomic E-state index is 13.6. The van der Waals surface area contributed by atoms with E-state index < -0.39 is 140 Å². The van der Waals surface area contributed by atoms with Gasteiger partial charge in [-0.3, -0.25) is 0 Å². The lowest BCUT2D eigenvalue weighted by atomic mass is 9.79. The van der Waals surface area contributed by atoms with Crippen LogP contribution in [0, 0.1) is 13.8 Å². The number of halogens is 18. The molecule has 0 aromatic heterocycles. The van der Waals surface area contributed by atoms with Crippen LogP contribution in [0.1, 0.15) is 72.2 Å². The molecule has 0 saturated heterocycles. The van der Waals surface area contributed by atoms with Gasteiger partial charge < -0.3 is 39.4 Å². The van der Waals surface area contributed by atoms with E-state index in [0.717, 1.165) is 27.9 Å². The van der Waals surface area contributed by atoms with Crippen LogP contribution < -0.4 is 18.9 Å². The Morgan fingerprint density at radius 3 is 0.833 bits per heavy atom. The minimum Gasteiger partial charge on any atom is -0.496 e. The molecule has 0 bridgehead atoms. The van der Waals surface area contributed by atoms with Crippen molar-refractivity contribution in [2.24, 2.45) is 0 Å². The molecule has 60 heavy (non-hydrogen) atoms. The van der Waals surface area contributed by atoms with Crippen molar-refractivity contribution >= 4 is 0 Å². The van der Waals surface area contributed by atoms with Gasteiger partial charge in [-0.1, -0.05) is 13.8 Å². The number of ether oxygens (including phenoxy) is 4. The van der Waals surface area contributed by atoms with Gasteiger partial charge >= 0.3 is 37.1 Å². The van der Waals surface area contributed by atoms with Crippen molar-refractivity contribution in [3.8, 4) is 23.0 Å². The summed E-state index contributed by atoms with van der Waals surface area (Å²) in [5.41, 5.74) is -28.7. The highest BCUT2D eigenvalue weighted by atomic mass is 19.4. The van der Waals surface area contributed by atoms with Gasteiger partial charge in [0.15, 0.2) is 11.2 Å². The molecule has 8 nitrogen and oxygen atoms in total. The summed E-state index contributed by atoms with van der Waals surface area (Å²) in [6.07, 6.45) is -37.7. The standard InChI is InChI=1S/2C17H19F9O4/c1-6-8-10(14(28,16(21,22)23)17(24,25)26)11(29-4)7(2)9(12(8)30-5)13(3,27)15(18,19)20;1-6-8-10(14(28,16(21,22)23)17(24,25)26)12(30-5)9(7(2)11(8)29-4)13(3,27)15(18,19)20/h2*27-28H,6H2,1-5H3. The van der Waals surface area contributed by atoms with E-state index >= 15 is 0 Å². The predicted molar refractivity (Wildman–Crippen MR) is 171 cm³/mol. The minimum atomic E-state index is -6.41. The van der Waals surface area contributed by atoms with Gasteiger partial charge in [0.1, 0.15) is 23.0 Å². The Hall–Kier alpha value is -3.78. The van der Waals surface area contributed by atoms with Crippen molar-refractivity contribution in [3.63, 3.8) is 0 Å². The molecule has 348 valence electrons. The second-order valence-electron chi connectivity index (χ2n) is 13.1. The lowest BCUT2D eigenvalue weighted by Gasteiger charge is -2.38. The molecule has 2 rings (SSSR count). The first-order chi connectivity index (χ1) is 26.5. The van der Waals surface area contributed by atoms with Crippen LogP contribution in [0.2, 0.25) is 0 Å². The summed E-state index contributed by atoms with van der Waals surface area (Å²) in [7, 11) is 2.66. The number of methoxy groups -OCH3 is 4. The molecule has 0 heterocycles. The maximum absolute atomic E-state index is 13.6. The van der Waals surface area contributed by atoms with E-state index in [2.05, 4.69) is 9.47 Å². The molecule has 0 amide bonds. The summed E-state index contributed by atoms with van der Waals surface area (Å²) in [6.45, 7) is 4.15. The highest BCUT2D eigenvalue weighted by Crippen LogP contribution is 2.60. The number of hydrogen-bond acceptors (Lipinski definition) is 8. The molecule has 0 saturated carbocycles. The van der Waals surface area contributed by atoms with E-state index in [1.807, 2.05) is 0 Å². The topological polar surface area (TPSA) is 118 Å². The van der Waals surface area contributed by atoms with Crippen LogP contribution in [0.3, 0.4) is 0 Å². The summed E-state index contributed by atoms with van der Waals surface area (Å²) in [6, 6.07) is 0. The molecule has 0 spiro atoms. The third kappa shape index (κ3) is 8.52. The molecule has 0 fully saturated rings. The first-order valence-electron chi connectivity index (χ1n) is 16.4. The van der Waals surface area contributed by atoms with Gasteiger partial charge in [0.2, 0.25) is 0 Å². The van der Waals surface area contributed by atoms with Gasteiger partial charge in [-0.25, -0.2) is 0 Å². The zero-order valence-electron chi connectivity index (χ0n) is 32.6. The number of aliphatic hydroxyl groups is 4. The lowest BCUT2D eigenvalue weighted by Crippen LogP contribution is -2.55. The second kappa shape index (κ2) is 16.8. The Morgan fingerprint density at radius 1 is 0.367 bits per heavy atom. The number of hydrogen-bond donors (Lipinski definition) is 4. The molecular weight excluding hydrogens is 878 g/mol. The van der Waals surface area contributed by atoms with Crippen LogP contribution in [0.5, 0.6) is 23.0 Å². The second-order valence-corrected chi connectivity index (χ2v) is 13.1. The van der Waals surface area contributed by atoms with Crippen LogP contribution in [0.25, 0.3) is 0 Å². The zero-order valence-corrected chi connectivity index (χ0v) is 32.6. The number of benzene rings is 2.